The maximum Gasteiger partial charge on any atom is 0.472 e. The van der Waals surface area contributed by atoms with E-state index >= 15 is 0 Å². The fourth-order valence-electron chi connectivity index (χ4n) is 5.94. The molecule has 0 amide bonds. The number of aliphatic hydroxyl groups excluding tert-OH is 6. The number of allylic oxidation sites excluding steroid dienone is 12. The molecule has 0 aromatic heterocycles. The highest BCUT2D eigenvalue weighted by atomic mass is 31.2. The van der Waals surface area contributed by atoms with E-state index in [9.17, 15) is 49.7 Å². The maximum absolute atomic E-state index is 12.8. The summed E-state index contributed by atoms with van der Waals surface area (Å²) in [5.74, 6) is -1.21. The van der Waals surface area contributed by atoms with E-state index in [1.165, 1.54) is 0 Å². The molecular weight excluding hydrogens is 795 g/mol. The Bertz CT molecular complexity index is 1340. The Kier molecular flexibility index (Phi) is 32.0. The van der Waals surface area contributed by atoms with Crippen molar-refractivity contribution in [1.29, 1.82) is 0 Å². The van der Waals surface area contributed by atoms with E-state index in [-0.39, 0.29) is 18.9 Å². The number of hydrogen-bond acceptors (Lipinski definition) is 13. The highest BCUT2D eigenvalue weighted by molar-refractivity contribution is 7.47. The van der Waals surface area contributed by atoms with Gasteiger partial charge in [-0.3, -0.25) is 18.6 Å². The van der Waals surface area contributed by atoms with Crippen LogP contribution in [-0.2, 0) is 32.7 Å². The van der Waals surface area contributed by atoms with Crippen molar-refractivity contribution in [3.63, 3.8) is 0 Å². The molecule has 0 aliphatic heterocycles. The van der Waals surface area contributed by atoms with Crippen LogP contribution in [0.3, 0.4) is 0 Å². The lowest BCUT2D eigenvalue weighted by Gasteiger charge is -2.41. The van der Waals surface area contributed by atoms with Crippen LogP contribution in [0.1, 0.15) is 136 Å². The minimum Gasteiger partial charge on any atom is -0.462 e. The Morgan fingerprint density at radius 3 is 1.62 bits per heavy atom. The Hall–Kier alpha value is -2.75. The lowest BCUT2D eigenvalue weighted by Crippen LogP contribution is -2.64. The number of ether oxygens (including phenoxy) is 2. The molecule has 60 heavy (non-hydrogen) atoms. The third kappa shape index (κ3) is 27.2. The van der Waals surface area contributed by atoms with Crippen LogP contribution in [-0.4, -0.2) is 110 Å². The number of hydrogen-bond donors (Lipinski definition) is 7. The first-order chi connectivity index (χ1) is 28.8. The molecule has 0 spiro atoms. The average Bonchev–Trinajstić information content (AvgIpc) is 3.23. The number of esters is 2. The van der Waals surface area contributed by atoms with E-state index in [2.05, 4.69) is 61.6 Å². The number of aliphatic hydroxyl groups is 6. The quantitative estimate of drug-likeness (QED) is 0.0151. The molecule has 0 radical (unpaired) electrons. The number of phosphoric ester groups is 1. The van der Waals surface area contributed by atoms with Gasteiger partial charge in [0.05, 0.1) is 12.7 Å². The number of phosphoric acid groups is 1. The number of carbonyl (C=O) groups is 2. The molecule has 344 valence electrons. The molecule has 0 aromatic carbocycles. The molecule has 1 saturated carbocycles. The fourth-order valence-corrected chi connectivity index (χ4v) is 6.92. The zero-order valence-electron chi connectivity index (χ0n) is 35.8. The predicted molar refractivity (Wildman–Crippen MR) is 231 cm³/mol. The summed E-state index contributed by atoms with van der Waals surface area (Å²) in [7, 11) is -5.15. The van der Waals surface area contributed by atoms with Crippen molar-refractivity contribution < 1.29 is 68.2 Å². The van der Waals surface area contributed by atoms with Gasteiger partial charge in [-0.25, -0.2) is 4.57 Å². The summed E-state index contributed by atoms with van der Waals surface area (Å²) < 4.78 is 33.4. The Labute approximate surface area is 358 Å². The molecule has 0 saturated heterocycles. The van der Waals surface area contributed by atoms with Gasteiger partial charge in [0.1, 0.15) is 43.2 Å². The molecule has 7 N–H and O–H groups in total. The molecule has 14 nitrogen and oxygen atoms in total. The standard InChI is InChI=1S/C45H75O14P/c1-3-5-6-7-8-9-10-13-17-20-23-26-29-32-38(47)56-34-37(35-57-60(54,55)59-45-43(52)41(50)40(49)42(51)44(45)53)58-39(48)33-30-27-24-21-18-15-12-11-14-16-19-22-25-28-31-36(46)4-2/h6-7,9-10,12,14-16,21-22,24-25,36-37,40-46,49-53H,3-5,8,11,13,17-20,23,26-35H2,1-2H3,(H,54,55)/b7-6-,10-9-,15-12-,16-14-,24-21-,25-22-/t36-,37-,40?,41-,42+,43-,44-,45?/m1/s1. The van der Waals surface area contributed by atoms with E-state index in [1.807, 2.05) is 25.2 Å². The van der Waals surface area contributed by atoms with Gasteiger partial charge in [0.15, 0.2) is 6.10 Å². The fraction of sp³-hybridized carbons (Fsp3) is 0.689. The smallest absolute Gasteiger partial charge is 0.462 e. The van der Waals surface area contributed by atoms with Gasteiger partial charge in [-0.1, -0.05) is 112 Å². The third-order valence-corrected chi connectivity index (χ3v) is 10.7. The first-order valence-electron chi connectivity index (χ1n) is 21.8. The van der Waals surface area contributed by atoms with Gasteiger partial charge in [-0.15, -0.1) is 0 Å². The van der Waals surface area contributed by atoms with Crippen LogP contribution in [0.5, 0.6) is 0 Å². The summed E-state index contributed by atoms with van der Waals surface area (Å²) in [6.45, 7) is 2.87. The highest BCUT2D eigenvalue weighted by Gasteiger charge is 2.51. The Morgan fingerprint density at radius 2 is 1.05 bits per heavy atom. The van der Waals surface area contributed by atoms with Crippen molar-refractivity contribution in [2.24, 2.45) is 0 Å². The van der Waals surface area contributed by atoms with Gasteiger partial charge in [0.2, 0.25) is 0 Å². The minimum absolute atomic E-state index is 0.000693. The van der Waals surface area contributed by atoms with Crippen LogP contribution in [0.2, 0.25) is 0 Å². The van der Waals surface area contributed by atoms with Gasteiger partial charge >= 0.3 is 19.8 Å². The van der Waals surface area contributed by atoms with Crippen LogP contribution in [0.15, 0.2) is 72.9 Å². The summed E-state index contributed by atoms with van der Waals surface area (Å²) in [4.78, 5) is 35.6. The Morgan fingerprint density at radius 1 is 0.583 bits per heavy atom. The second kappa shape index (κ2) is 34.8. The molecule has 0 aromatic rings. The van der Waals surface area contributed by atoms with Gasteiger partial charge in [-0.2, -0.15) is 0 Å². The molecule has 1 fully saturated rings. The number of carbonyl (C=O) groups excluding carboxylic acids is 2. The van der Waals surface area contributed by atoms with Crippen molar-refractivity contribution in [3.05, 3.63) is 72.9 Å². The molecule has 1 aliphatic carbocycles. The lowest BCUT2D eigenvalue weighted by atomic mass is 9.85. The molecule has 15 heteroatoms. The van der Waals surface area contributed by atoms with Gasteiger partial charge < -0.3 is 45.0 Å². The van der Waals surface area contributed by atoms with Crippen molar-refractivity contribution in [3.8, 4) is 0 Å². The van der Waals surface area contributed by atoms with Crippen molar-refractivity contribution >= 4 is 19.8 Å². The second-order valence-corrected chi connectivity index (χ2v) is 16.4. The van der Waals surface area contributed by atoms with Gasteiger partial charge in [-0.05, 0) is 83.5 Å². The SMILES string of the molecule is CCC/C=C\C/C=C\CCCCCCCC(=O)OC[C@H](COP(=O)(O)OC1[C@H](O)[C@H](O)C(O)[C@H](O)[C@H]1O)OC(=O)CCC/C=C\C/C=C\C/C=C\C/C=C\CC[C@H](O)CC. The zero-order chi connectivity index (χ0) is 44.4. The molecule has 0 bridgehead atoms. The van der Waals surface area contributed by atoms with Crippen LogP contribution < -0.4 is 0 Å². The average molecular weight is 871 g/mol. The molecule has 0 heterocycles. The Balaban J connectivity index is 2.55. The summed E-state index contributed by atoms with van der Waals surface area (Å²) in [6.07, 6.45) is 26.2. The molecule has 1 rings (SSSR count). The molecule has 1 aliphatic rings. The summed E-state index contributed by atoms with van der Waals surface area (Å²) in [6, 6.07) is 0. The minimum atomic E-state index is -5.15. The number of unbranched alkanes of at least 4 members (excludes halogenated alkanes) is 7. The van der Waals surface area contributed by atoms with Gasteiger partial charge in [0, 0.05) is 12.8 Å². The van der Waals surface area contributed by atoms with Crippen LogP contribution in [0.25, 0.3) is 0 Å². The van der Waals surface area contributed by atoms with E-state index in [0.717, 1.165) is 89.9 Å². The monoisotopic (exact) mass is 870 g/mol. The predicted octanol–water partition coefficient (Wildman–Crippen LogP) is 6.91. The van der Waals surface area contributed by atoms with Gasteiger partial charge in [0.25, 0.3) is 0 Å². The van der Waals surface area contributed by atoms with Crippen molar-refractivity contribution in [1.82, 2.24) is 0 Å². The van der Waals surface area contributed by atoms with Crippen LogP contribution >= 0.6 is 7.82 Å². The summed E-state index contributed by atoms with van der Waals surface area (Å²) in [5.41, 5.74) is 0. The first-order valence-corrected chi connectivity index (χ1v) is 23.3. The normalized spacial score (nSPS) is 23.4. The topological polar surface area (TPSA) is 230 Å². The van der Waals surface area contributed by atoms with Crippen LogP contribution in [0.4, 0.5) is 0 Å². The highest BCUT2D eigenvalue weighted by Crippen LogP contribution is 2.47. The lowest BCUT2D eigenvalue weighted by molar-refractivity contribution is -0.220. The first kappa shape index (κ1) is 55.3. The van der Waals surface area contributed by atoms with Crippen molar-refractivity contribution in [2.75, 3.05) is 13.2 Å². The maximum atomic E-state index is 12.8. The van der Waals surface area contributed by atoms with Crippen molar-refractivity contribution in [2.45, 2.75) is 185 Å². The molecule has 9 atom stereocenters. The second-order valence-electron chi connectivity index (χ2n) is 15.0. The molecule has 3 unspecified atom stereocenters. The van der Waals surface area contributed by atoms with Crippen LogP contribution in [0, 0.1) is 0 Å². The van der Waals surface area contributed by atoms with E-state index in [4.69, 9.17) is 18.5 Å². The van der Waals surface area contributed by atoms with E-state index < -0.39 is 75.7 Å². The largest absolute Gasteiger partial charge is 0.472 e. The molecular formula is C45H75O14P. The van der Waals surface area contributed by atoms with E-state index in [0.29, 0.717) is 19.3 Å². The third-order valence-electron chi connectivity index (χ3n) is 9.66. The summed E-state index contributed by atoms with van der Waals surface area (Å²) >= 11 is 0. The van der Waals surface area contributed by atoms with E-state index in [1.54, 1.807) is 0 Å². The zero-order valence-corrected chi connectivity index (χ0v) is 36.7. The summed E-state index contributed by atoms with van der Waals surface area (Å²) in [5, 5.41) is 59.6. The number of rotatable bonds is 34.